The molecular formula is C21H26ClN3O2. The molecule has 27 heavy (non-hydrogen) atoms. The fourth-order valence-corrected chi connectivity index (χ4v) is 3.89. The van der Waals surface area contributed by atoms with Gasteiger partial charge >= 0.3 is 6.03 Å². The molecule has 1 aliphatic rings. The van der Waals surface area contributed by atoms with Crippen LogP contribution < -0.4 is 15.0 Å². The molecule has 1 heterocycles. The first-order valence-electron chi connectivity index (χ1n) is 9.28. The normalized spacial score (nSPS) is 14.2. The van der Waals surface area contributed by atoms with Crippen LogP contribution in [0.15, 0.2) is 36.4 Å². The number of amides is 2. The lowest BCUT2D eigenvalue weighted by Crippen LogP contribution is -2.50. The second-order valence-corrected chi connectivity index (χ2v) is 7.18. The van der Waals surface area contributed by atoms with Gasteiger partial charge < -0.3 is 19.9 Å². The number of hydrogen-bond acceptors (Lipinski definition) is 3. The van der Waals surface area contributed by atoms with E-state index in [9.17, 15) is 4.79 Å². The number of carbonyl (C=O) groups excluding carboxylic acids is 1. The first-order valence-corrected chi connectivity index (χ1v) is 9.66. The summed E-state index contributed by atoms with van der Waals surface area (Å²) in [6.45, 7) is 9.55. The number of benzene rings is 2. The number of nitrogens with zero attached hydrogens (tertiary/aromatic N) is 2. The molecule has 144 valence electrons. The van der Waals surface area contributed by atoms with Crippen molar-refractivity contribution in [2.75, 3.05) is 43.0 Å². The molecule has 3 rings (SSSR count). The van der Waals surface area contributed by atoms with E-state index in [0.717, 1.165) is 40.8 Å². The maximum atomic E-state index is 12.5. The number of anilines is 2. The molecule has 0 spiro atoms. The van der Waals surface area contributed by atoms with Gasteiger partial charge in [-0.25, -0.2) is 4.79 Å². The molecule has 0 saturated carbocycles. The number of ether oxygens (including phenoxy) is 1. The summed E-state index contributed by atoms with van der Waals surface area (Å²) in [5, 5.41) is 3.73. The summed E-state index contributed by atoms with van der Waals surface area (Å²) in [5.74, 6) is 0.800. The Kier molecular flexibility index (Phi) is 6.11. The van der Waals surface area contributed by atoms with Crippen molar-refractivity contribution in [2.24, 2.45) is 0 Å². The van der Waals surface area contributed by atoms with Crippen LogP contribution in [-0.2, 0) is 0 Å². The van der Waals surface area contributed by atoms with Gasteiger partial charge in [0.25, 0.3) is 0 Å². The van der Waals surface area contributed by atoms with Crippen LogP contribution >= 0.6 is 11.6 Å². The molecule has 2 amide bonds. The zero-order valence-electron chi connectivity index (χ0n) is 16.1. The number of aryl methyl sites for hydroxylation is 2. The van der Waals surface area contributed by atoms with Crippen molar-refractivity contribution in [3.05, 3.63) is 52.5 Å². The third-order valence-electron chi connectivity index (χ3n) is 4.70. The van der Waals surface area contributed by atoms with Crippen LogP contribution in [0.5, 0.6) is 5.75 Å². The van der Waals surface area contributed by atoms with Gasteiger partial charge in [-0.2, -0.15) is 0 Å². The summed E-state index contributed by atoms with van der Waals surface area (Å²) in [7, 11) is 0. The summed E-state index contributed by atoms with van der Waals surface area (Å²) in [6, 6.07) is 11.5. The summed E-state index contributed by atoms with van der Waals surface area (Å²) in [5.41, 5.74) is 4.18. The van der Waals surface area contributed by atoms with E-state index in [1.54, 1.807) is 0 Å². The van der Waals surface area contributed by atoms with Gasteiger partial charge in [0.05, 0.1) is 17.3 Å². The molecule has 0 aromatic heterocycles. The smallest absolute Gasteiger partial charge is 0.321 e. The van der Waals surface area contributed by atoms with Crippen LogP contribution in [0, 0.1) is 13.8 Å². The second kappa shape index (κ2) is 8.53. The Hall–Kier alpha value is -2.40. The van der Waals surface area contributed by atoms with Crippen molar-refractivity contribution < 1.29 is 9.53 Å². The van der Waals surface area contributed by atoms with Gasteiger partial charge in [0.15, 0.2) is 0 Å². The van der Waals surface area contributed by atoms with Gasteiger partial charge in [-0.3, -0.25) is 0 Å². The van der Waals surface area contributed by atoms with Gasteiger partial charge in [-0.15, -0.1) is 0 Å². The standard InChI is InChI=1S/C21H26ClN3O2/c1-4-27-18-7-5-17(6-8-18)23-21(26)25-11-9-24(10-12-25)20-16(3)13-15(2)14-19(20)22/h5-8,13-14H,4,9-12H2,1-3H3,(H,23,26). The molecule has 1 aliphatic heterocycles. The van der Waals surface area contributed by atoms with Crippen molar-refractivity contribution in [2.45, 2.75) is 20.8 Å². The molecule has 1 N–H and O–H groups in total. The van der Waals surface area contributed by atoms with E-state index in [4.69, 9.17) is 16.3 Å². The second-order valence-electron chi connectivity index (χ2n) is 6.77. The quantitative estimate of drug-likeness (QED) is 0.826. The minimum atomic E-state index is -0.0782. The maximum Gasteiger partial charge on any atom is 0.321 e. The molecular weight excluding hydrogens is 362 g/mol. The lowest BCUT2D eigenvalue weighted by molar-refractivity contribution is 0.208. The molecule has 1 fully saturated rings. The Bertz CT molecular complexity index is 777. The van der Waals surface area contributed by atoms with Gasteiger partial charge in [-0.1, -0.05) is 17.7 Å². The van der Waals surface area contributed by atoms with E-state index < -0.39 is 0 Å². The Morgan fingerprint density at radius 2 is 1.78 bits per heavy atom. The number of nitrogens with one attached hydrogen (secondary N) is 1. The first-order chi connectivity index (χ1) is 13.0. The molecule has 2 aromatic carbocycles. The van der Waals surface area contributed by atoms with Crippen molar-refractivity contribution in [3.8, 4) is 5.75 Å². The highest BCUT2D eigenvalue weighted by Gasteiger charge is 2.23. The summed E-state index contributed by atoms with van der Waals surface area (Å²) < 4.78 is 5.42. The maximum absolute atomic E-state index is 12.5. The minimum Gasteiger partial charge on any atom is -0.494 e. The van der Waals surface area contributed by atoms with E-state index in [1.165, 1.54) is 5.56 Å². The molecule has 6 heteroatoms. The first kappa shape index (κ1) is 19.4. The zero-order chi connectivity index (χ0) is 19.4. The van der Waals surface area contributed by atoms with E-state index >= 15 is 0 Å². The molecule has 2 aromatic rings. The molecule has 0 radical (unpaired) electrons. The zero-order valence-corrected chi connectivity index (χ0v) is 16.8. The van der Waals surface area contributed by atoms with Crippen molar-refractivity contribution in [1.29, 1.82) is 0 Å². The van der Waals surface area contributed by atoms with Crippen LogP contribution in [0.4, 0.5) is 16.2 Å². The third kappa shape index (κ3) is 4.66. The van der Waals surface area contributed by atoms with Crippen LogP contribution in [0.1, 0.15) is 18.1 Å². The lowest BCUT2D eigenvalue weighted by atomic mass is 10.1. The number of piperazine rings is 1. The van der Waals surface area contributed by atoms with Gasteiger partial charge in [-0.05, 0) is 62.2 Å². The van der Waals surface area contributed by atoms with E-state index in [1.807, 2.05) is 49.1 Å². The van der Waals surface area contributed by atoms with Crippen LogP contribution in [0.25, 0.3) is 0 Å². The van der Waals surface area contributed by atoms with Gasteiger partial charge in [0.1, 0.15) is 5.75 Å². The number of halogens is 1. The number of carbonyl (C=O) groups is 1. The van der Waals surface area contributed by atoms with E-state index in [0.29, 0.717) is 19.7 Å². The van der Waals surface area contributed by atoms with Gasteiger partial charge in [0.2, 0.25) is 0 Å². The van der Waals surface area contributed by atoms with Crippen molar-refractivity contribution in [3.63, 3.8) is 0 Å². The predicted molar refractivity (Wildman–Crippen MR) is 111 cm³/mol. The Morgan fingerprint density at radius 1 is 1.11 bits per heavy atom. The average molecular weight is 388 g/mol. The van der Waals surface area contributed by atoms with E-state index in [2.05, 4.69) is 23.2 Å². The molecule has 0 atom stereocenters. The molecule has 0 aliphatic carbocycles. The summed E-state index contributed by atoms with van der Waals surface area (Å²) >= 11 is 6.46. The average Bonchev–Trinajstić information content (AvgIpc) is 2.63. The minimum absolute atomic E-state index is 0.0782. The fraction of sp³-hybridized carbons (Fsp3) is 0.381. The fourth-order valence-electron chi connectivity index (χ4n) is 3.45. The monoisotopic (exact) mass is 387 g/mol. The molecule has 5 nitrogen and oxygen atoms in total. The van der Waals surface area contributed by atoms with Crippen LogP contribution in [0.2, 0.25) is 5.02 Å². The van der Waals surface area contributed by atoms with E-state index in [-0.39, 0.29) is 6.03 Å². The molecule has 0 bridgehead atoms. The molecule has 0 unspecified atom stereocenters. The molecule has 1 saturated heterocycles. The largest absolute Gasteiger partial charge is 0.494 e. The highest BCUT2D eigenvalue weighted by molar-refractivity contribution is 6.33. The van der Waals surface area contributed by atoms with Crippen molar-refractivity contribution >= 4 is 29.0 Å². The Morgan fingerprint density at radius 3 is 2.37 bits per heavy atom. The van der Waals surface area contributed by atoms with Crippen LogP contribution in [-0.4, -0.2) is 43.7 Å². The topological polar surface area (TPSA) is 44.8 Å². The number of rotatable bonds is 4. The van der Waals surface area contributed by atoms with Gasteiger partial charge in [0, 0.05) is 31.9 Å². The summed E-state index contributed by atoms with van der Waals surface area (Å²) in [6.07, 6.45) is 0. The highest BCUT2D eigenvalue weighted by atomic mass is 35.5. The Balaban J connectivity index is 1.58. The summed E-state index contributed by atoms with van der Waals surface area (Å²) in [4.78, 5) is 16.6. The number of urea groups is 1. The predicted octanol–water partition coefficient (Wildman–Crippen LogP) is 4.71. The SMILES string of the molecule is CCOc1ccc(NC(=O)N2CCN(c3c(C)cc(C)cc3Cl)CC2)cc1. The van der Waals surface area contributed by atoms with Crippen molar-refractivity contribution in [1.82, 2.24) is 4.90 Å². The third-order valence-corrected chi connectivity index (χ3v) is 4.99. The lowest BCUT2D eigenvalue weighted by Gasteiger charge is -2.37. The highest BCUT2D eigenvalue weighted by Crippen LogP contribution is 2.31. The van der Waals surface area contributed by atoms with Crippen LogP contribution in [0.3, 0.4) is 0 Å². The number of hydrogen-bond donors (Lipinski definition) is 1. The Labute approximate surface area is 165 Å².